The SMILES string of the molecule is CC(C)CCN(C(=O)OCc1ccccc1)C(=O)N(C#N)Cc1ccccc1. The van der Waals surface area contributed by atoms with Crippen molar-refractivity contribution in [3.8, 4) is 6.19 Å². The van der Waals surface area contributed by atoms with Gasteiger partial charge < -0.3 is 4.74 Å². The summed E-state index contributed by atoms with van der Waals surface area (Å²) < 4.78 is 5.32. The summed E-state index contributed by atoms with van der Waals surface area (Å²) >= 11 is 0. The number of carbonyl (C=O) groups is 2. The van der Waals surface area contributed by atoms with E-state index < -0.39 is 12.1 Å². The lowest BCUT2D eigenvalue weighted by molar-refractivity contribution is 0.0959. The lowest BCUT2D eigenvalue weighted by atomic mass is 10.1. The lowest BCUT2D eigenvalue weighted by Gasteiger charge is -2.25. The number of benzene rings is 2. The Kier molecular flexibility index (Phi) is 8.04. The van der Waals surface area contributed by atoms with E-state index in [0.717, 1.165) is 20.9 Å². The normalized spacial score (nSPS) is 10.2. The Morgan fingerprint density at radius 3 is 2.11 bits per heavy atom. The third-order valence-electron chi connectivity index (χ3n) is 4.12. The van der Waals surface area contributed by atoms with Crippen LogP contribution < -0.4 is 0 Å². The number of rotatable bonds is 7. The number of ether oxygens (including phenoxy) is 1. The molecule has 146 valence electrons. The van der Waals surface area contributed by atoms with Crippen LogP contribution in [0.5, 0.6) is 0 Å². The standard InChI is InChI=1S/C22H25N3O3/c1-18(2)13-14-25(22(27)28-16-20-11-7-4-8-12-20)21(26)24(17-23)15-19-9-5-3-6-10-19/h3-12,18H,13-16H2,1-2H3. The van der Waals surface area contributed by atoms with Gasteiger partial charge in [0.2, 0.25) is 0 Å². The molecule has 0 spiro atoms. The average molecular weight is 379 g/mol. The molecule has 0 bridgehead atoms. The number of nitrogens with zero attached hydrogens (tertiary/aromatic N) is 3. The maximum absolute atomic E-state index is 12.9. The molecule has 0 aliphatic heterocycles. The molecule has 0 saturated carbocycles. The zero-order valence-electron chi connectivity index (χ0n) is 16.2. The Balaban J connectivity index is 2.09. The first-order valence-corrected chi connectivity index (χ1v) is 9.24. The van der Waals surface area contributed by atoms with E-state index in [-0.39, 0.29) is 19.7 Å². The van der Waals surface area contributed by atoms with Gasteiger partial charge in [-0.1, -0.05) is 74.5 Å². The summed E-state index contributed by atoms with van der Waals surface area (Å²) in [5.74, 6) is 0.293. The van der Waals surface area contributed by atoms with Gasteiger partial charge >= 0.3 is 12.1 Å². The summed E-state index contributed by atoms with van der Waals surface area (Å²) in [6, 6.07) is 17.7. The highest BCUT2D eigenvalue weighted by Gasteiger charge is 2.28. The molecule has 0 aliphatic carbocycles. The van der Waals surface area contributed by atoms with E-state index in [1.165, 1.54) is 0 Å². The number of amides is 3. The van der Waals surface area contributed by atoms with E-state index in [1.54, 1.807) is 0 Å². The molecule has 0 saturated heterocycles. The molecule has 0 unspecified atom stereocenters. The number of urea groups is 1. The number of imide groups is 1. The van der Waals surface area contributed by atoms with Crippen LogP contribution in [0.3, 0.4) is 0 Å². The van der Waals surface area contributed by atoms with Crippen LogP contribution in [-0.2, 0) is 17.9 Å². The molecule has 0 aliphatic rings. The van der Waals surface area contributed by atoms with Crippen molar-refractivity contribution < 1.29 is 14.3 Å². The van der Waals surface area contributed by atoms with Gasteiger partial charge in [0.1, 0.15) is 6.61 Å². The van der Waals surface area contributed by atoms with Gasteiger partial charge in [0.15, 0.2) is 6.19 Å². The Morgan fingerprint density at radius 2 is 1.57 bits per heavy atom. The van der Waals surface area contributed by atoms with Gasteiger partial charge in [-0.15, -0.1) is 0 Å². The molecule has 0 radical (unpaired) electrons. The average Bonchev–Trinajstić information content (AvgIpc) is 2.71. The molecule has 6 heteroatoms. The minimum Gasteiger partial charge on any atom is -0.444 e. The third-order valence-corrected chi connectivity index (χ3v) is 4.12. The van der Waals surface area contributed by atoms with Crippen molar-refractivity contribution in [1.29, 1.82) is 5.26 Å². The van der Waals surface area contributed by atoms with Crippen LogP contribution in [-0.4, -0.2) is 28.5 Å². The molecule has 0 N–H and O–H groups in total. The van der Waals surface area contributed by atoms with Crippen LogP contribution >= 0.6 is 0 Å². The van der Waals surface area contributed by atoms with Crippen molar-refractivity contribution in [3.63, 3.8) is 0 Å². The minimum atomic E-state index is -0.747. The van der Waals surface area contributed by atoms with E-state index in [1.807, 2.05) is 80.7 Å². The van der Waals surface area contributed by atoms with Gasteiger partial charge in [0.05, 0.1) is 6.54 Å². The Hall–Kier alpha value is -3.33. The van der Waals surface area contributed by atoms with Gasteiger partial charge in [0, 0.05) is 6.54 Å². The van der Waals surface area contributed by atoms with Gasteiger partial charge in [-0.25, -0.2) is 19.4 Å². The Bertz CT molecular complexity index is 801. The van der Waals surface area contributed by atoms with E-state index in [2.05, 4.69) is 0 Å². The highest BCUT2D eigenvalue weighted by molar-refractivity contribution is 5.91. The topological polar surface area (TPSA) is 73.6 Å². The monoisotopic (exact) mass is 379 g/mol. The zero-order chi connectivity index (χ0) is 20.4. The van der Waals surface area contributed by atoms with Crippen LogP contribution in [0, 0.1) is 17.4 Å². The molecule has 0 atom stereocenters. The van der Waals surface area contributed by atoms with Crippen LogP contribution in [0.2, 0.25) is 0 Å². The van der Waals surface area contributed by atoms with Crippen LogP contribution in [0.25, 0.3) is 0 Å². The fraction of sp³-hybridized carbons (Fsp3) is 0.318. The summed E-state index contributed by atoms with van der Waals surface area (Å²) in [6.07, 6.45) is 1.76. The van der Waals surface area contributed by atoms with Gasteiger partial charge in [-0.2, -0.15) is 5.26 Å². The molecule has 0 fully saturated rings. The van der Waals surface area contributed by atoms with Crippen molar-refractivity contribution in [2.24, 2.45) is 5.92 Å². The molecule has 28 heavy (non-hydrogen) atoms. The van der Waals surface area contributed by atoms with Gasteiger partial charge in [0.25, 0.3) is 0 Å². The molecule has 0 aromatic heterocycles. The van der Waals surface area contributed by atoms with Crippen molar-refractivity contribution in [2.45, 2.75) is 33.4 Å². The maximum Gasteiger partial charge on any atom is 0.418 e. The Morgan fingerprint density at radius 1 is 1.00 bits per heavy atom. The van der Waals surface area contributed by atoms with E-state index >= 15 is 0 Å². The predicted octanol–water partition coefficient (Wildman–Crippen LogP) is 4.77. The molecule has 3 amide bonds. The van der Waals surface area contributed by atoms with Crippen LogP contribution in [0.4, 0.5) is 9.59 Å². The molecular formula is C22H25N3O3. The number of hydrogen-bond donors (Lipinski definition) is 0. The number of hydrogen-bond acceptors (Lipinski definition) is 4. The lowest BCUT2D eigenvalue weighted by Crippen LogP contribution is -2.45. The summed E-state index contributed by atoms with van der Waals surface area (Å²) in [5.41, 5.74) is 1.63. The first kappa shape index (κ1) is 21.0. The van der Waals surface area contributed by atoms with E-state index in [0.29, 0.717) is 12.3 Å². The highest BCUT2D eigenvalue weighted by atomic mass is 16.6. The van der Waals surface area contributed by atoms with Crippen molar-refractivity contribution in [3.05, 3.63) is 71.8 Å². The number of nitriles is 1. The third kappa shape index (κ3) is 6.44. The van der Waals surface area contributed by atoms with Gasteiger partial charge in [-0.3, -0.25) is 0 Å². The summed E-state index contributed by atoms with van der Waals surface area (Å²) in [7, 11) is 0. The Labute approximate surface area is 165 Å². The van der Waals surface area contributed by atoms with Crippen LogP contribution in [0.15, 0.2) is 60.7 Å². The molecule has 2 aromatic carbocycles. The molecule has 2 rings (SSSR count). The first-order chi connectivity index (χ1) is 13.5. The fourth-order valence-corrected chi connectivity index (χ4v) is 2.51. The fourth-order valence-electron chi connectivity index (χ4n) is 2.51. The quantitative estimate of drug-likeness (QED) is 0.513. The van der Waals surface area contributed by atoms with Crippen molar-refractivity contribution in [2.75, 3.05) is 6.54 Å². The molecular weight excluding hydrogens is 354 g/mol. The second-order valence-electron chi connectivity index (χ2n) is 6.83. The minimum absolute atomic E-state index is 0.0658. The molecule has 0 heterocycles. The number of carbonyl (C=O) groups excluding carboxylic acids is 2. The van der Waals surface area contributed by atoms with E-state index in [9.17, 15) is 14.9 Å². The highest BCUT2D eigenvalue weighted by Crippen LogP contribution is 2.12. The van der Waals surface area contributed by atoms with Gasteiger partial charge in [-0.05, 0) is 23.5 Å². The summed E-state index contributed by atoms with van der Waals surface area (Å²) in [5, 5.41) is 9.45. The van der Waals surface area contributed by atoms with Crippen LogP contribution in [0.1, 0.15) is 31.4 Å². The van der Waals surface area contributed by atoms with Crippen molar-refractivity contribution >= 4 is 12.1 Å². The molecule has 2 aromatic rings. The van der Waals surface area contributed by atoms with E-state index in [4.69, 9.17) is 4.74 Å². The maximum atomic E-state index is 12.9. The second-order valence-corrected chi connectivity index (χ2v) is 6.83. The second kappa shape index (κ2) is 10.7. The summed E-state index contributed by atoms with van der Waals surface area (Å²) in [4.78, 5) is 27.4. The largest absolute Gasteiger partial charge is 0.444 e. The summed E-state index contributed by atoms with van der Waals surface area (Å²) in [6.45, 7) is 4.36. The smallest absolute Gasteiger partial charge is 0.418 e. The zero-order valence-corrected chi connectivity index (χ0v) is 16.2. The predicted molar refractivity (Wildman–Crippen MR) is 106 cm³/mol. The first-order valence-electron chi connectivity index (χ1n) is 9.24. The molecule has 6 nitrogen and oxygen atoms in total. The van der Waals surface area contributed by atoms with Crippen molar-refractivity contribution in [1.82, 2.24) is 9.80 Å².